The van der Waals surface area contributed by atoms with Gasteiger partial charge in [0.1, 0.15) is 5.82 Å². The van der Waals surface area contributed by atoms with Crippen LogP contribution in [0.5, 0.6) is 0 Å². The van der Waals surface area contributed by atoms with Crippen molar-refractivity contribution in [2.24, 2.45) is 10.4 Å². The van der Waals surface area contributed by atoms with Gasteiger partial charge in [0.25, 0.3) is 0 Å². The average Bonchev–Trinajstić information content (AvgIpc) is 3.05. The number of carbonyl (C=O) groups is 1. The molecule has 2 N–H and O–H groups in total. The van der Waals surface area contributed by atoms with Crippen molar-refractivity contribution in [3.05, 3.63) is 35.6 Å². The van der Waals surface area contributed by atoms with Crippen LogP contribution in [-0.4, -0.2) is 50.0 Å². The van der Waals surface area contributed by atoms with Crippen LogP contribution in [0.3, 0.4) is 0 Å². The van der Waals surface area contributed by atoms with E-state index in [-0.39, 0.29) is 42.1 Å². The van der Waals surface area contributed by atoms with Gasteiger partial charge in [0.2, 0.25) is 5.91 Å². The van der Waals surface area contributed by atoms with Crippen molar-refractivity contribution in [2.75, 3.05) is 33.2 Å². The first kappa shape index (κ1) is 22.9. The zero-order chi connectivity index (χ0) is 19.1. The van der Waals surface area contributed by atoms with E-state index in [1.807, 2.05) is 7.05 Å². The van der Waals surface area contributed by atoms with Crippen molar-refractivity contribution >= 4 is 35.8 Å². The Hall–Kier alpha value is -1.38. The molecule has 1 aliphatic heterocycles. The number of rotatable bonds is 5. The first-order valence-corrected chi connectivity index (χ1v) is 10.1. The third kappa shape index (κ3) is 6.32. The number of hydrogen-bond donors (Lipinski definition) is 2. The summed E-state index contributed by atoms with van der Waals surface area (Å²) in [6, 6.07) is 6.16. The molecule has 1 aromatic carbocycles. The Morgan fingerprint density at radius 3 is 2.64 bits per heavy atom. The number of hydrogen-bond acceptors (Lipinski definition) is 2. The minimum Gasteiger partial charge on any atom is -0.354 e. The summed E-state index contributed by atoms with van der Waals surface area (Å²) in [5, 5.41) is 6.24. The fourth-order valence-electron chi connectivity index (χ4n) is 4.43. The number of nitrogens with zero attached hydrogens (tertiary/aromatic N) is 2. The number of carbonyl (C=O) groups excluding carboxylic acids is 1. The third-order valence-electron chi connectivity index (χ3n) is 5.85. The molecule has 1 saturated carbocycles. The second-order valence-electron chi connectivity index (χ2n) is 7.86. The minimum atomic E-state index is -0.313. The molecule has 28 heavy (non-hydrogen) atoms. The van der Waals surface area contributed by atoms with Crippen molar-refractivity contribution in [3.8, 4) is 0 Å². The quantitative estimate of drug-likeness (QED) is 0.281. The first-order valence-electron chi connectivity index (χ1n) is 10.1. The molecule has 2 fully saturated rings. The molecule has 1 aliphatic carbocycles. The van der Waals surface area contributed by atoms with Gasteiger partial charge in [-0.2, -0.15) is 0 Å². The molecule has 0 atom stereocenters. The van der Waals surface area contributed by atoms with Gasteiger partial charge in [-0.25, -0.2) is 4.39 Å². The summed E-state index contributed by atoms with van der Waals surface area (Å²) in [7, 11) is 1.82. The molecule has 1 aromatic rings. The summed E-state index contributed by atoms with van der Waals surface area (Å²) < 4.78 is 13.2. The topological polar surface area (TPSA) is 56.7 Å². The van der Waals surface area contributed by atoms with Gasteiger partial charge >= 0.3 is 0 Å². The fraction of sp³-hybridized carbons (Fsp3) is 0.619. The highest BCUT2D eigenvalue weighted by atomic mass is 127. The maximum atomic E-state index is 13.2. The van der Waals surface area contributed by atoms with Crippen molar-refractivity contribution in [3.63, 3.8) is 0 Å². The Kier molecular flexibility index (Phi) is 8.98. The lowest BCUT2D eigenvalue weighted by molar-refractivity contribution is -0.120. The van der Waals surface area contributed by atoms with Crippen LogP contribution in [0.1, 0.15) is 44.1 Å². The first-order chi connectivity index (χ1) is 13.1. The third-order valence-corrected chi connectivity index (χ3v) is 5.85. The van der Waals surface area contributed by atoms with Crippen LogP contribution in [0.2, 0.25) is 0 Å². The number of aliphatic imine (C=N–C) groups is 1. The van der Waals surface area contributed by atoms with E-state index in [0.29, 0.717) is 24.1 Å². The zero-order valence-electron chi connectivity index (χ0n) is 16.7. The fourth-order valence-corrected chi connectivity index (χ4v) is 4.43. The van der Waals surface area contributed by atoms with Crippen LogP contribution < -0.4 is 10.6 Å². The summed E-state index contributed by atoms with van der Waals surface area (Å²) in [6.45, 7) is 3.31. The van der Waals surface area contributed by atoms with Gasteiger partial charge in [0, 0.05) is 33.2 Å². The molecule has 0 unspecified atom stereocenters. The molecule has 0 aromatic heterocycles. The van der Waals surface area contributed by atoms with E-state index in [4.69, 9.17) is 0 Å². The number of nitrogens with one attached hydrogen (secondary N) is 2. The van der Waals surface area contributed by atoms with Crippen molar-refractivity contribution in [1.29, 1.82) is 0 Å². The normalized spacial score (nSPS) is 18.6. The number of amides is 1. The van der Waals surface area contributed by atoms with Crippen molar-refractivity contribution in [1.82, 2.24) is 15.5 Å². The Morgan fingerprint density at radius 1 is 1.18 bits per heavy atom. The molecule has 0 radical (unpaired) electrons. The van der Waals surface area contributed by atoms with E-state index in [1.165, 1.54) is 50.7 Å². The summed E-state index contributed by atoms with van der Waals surface area (Å²) >= 11 is 0. The van der Waals surface area contributed by atoms with Gasteiger partial charge in [0.15, 0.2) is 5.96 Å². The Bertz CT molecular complexity index is 676. The van der Waals surface area contributed by atoms with Gasteiger partial charge in [0.05, 0.1) is 6.42 Å². The lowest BCUT2D eigenvalue weighted by atomic mass is 9.73. The predicted molar refractivity (Wildman–Crippen MR) is 122 cm³/mol. The van der Waals surface area contributed by atoms with Crippen LogP contribution in [-0.2, 0) is 11.2 Å². The SMILES string of the molecule is CN=C(NCCNC(=O)Cc1cccc(F)c1)N1CCC2(CCCCC2)C1.I. The van der Waals surface area contributed by atoms with Gasteiger partial charge in [-0.15, -0.1) is 24.0 Å². The Labute approximate surface area is 184 Å². The summed E-state index contributed by atoms with van der Waals surface area (Å²) in [6.07, 6.45) is 8.24. The van der Waals surface area contributed by atoms with Crippen LogP contribution >= 0.6 is 24.0 Å². The monoisotopic (exact) mass is 502 g/mol. The van der Waals surface area contributed by atoms with E-state index in [1.54, 1.807) is 12.1 Å². The minimum absolute atomic E-state index is 0. The van der Waals surface area contributed by atoms with E-state index < -0.39 is 0 Å². The highest BCUT2D eigenvalue weighted by Crippen LogP contribution is 2.43. The van der Waals surface area contributed by atoms with E-state index in [9.17, 15) is 9.18 Å². The van der Waals surface area contributed by atoms with E-state index in [0.717, 1.165) is 19.0 Å². The number of halogens is 2. The lowest BCUT2D eigenvalue weighted by Crippen LogP contribution is -2.44. The molecule has 2 aliphatic rings. The lowest BCUT2D eigenvalue weighted by Gasteiger charge is -2.33. The highest BCUT2D eigenvalue weighted by molar-refractivity contribution is 14.0. The molecule has 0 bridgehead atoms. The molecular weight excluding hydrogens is 470 g/mol. The molecule has 5 nitrogen and oxygen atoms in total. The highest BCUT2D eigenvalue weighted by Gasteiger charge is 2.39. The number of benzene rings is 1. The largest absolute Gasteiger partial charge is 0.354 e. The van der Waals surface area contributed by atoms with Gasteiger partial charge in [-0.05, 0) is 42.4 Å². The van der Waals surface area contributed by atoms with Gasteiger partial charge < -0.3 is 15.5 Å². The van der Waals surface area contributed by atoms with Crippen molar-refractivity contribution in [2.45, 2.75) is 44.9 Å². The Balaban J connectivity index is 0.00000280. The molecule has 156 valence electrons. The molecule has 3 rings (SSSR count). The molecule has 1 heterocycles. The zero-order valence-corrected chi connectivity index (χ0v) is 19.0. The maximum Gasteiger partial charge on any atom is 0.224 e. The second-order valence-corrected chi connectivity index (χ2v) is 7.86. The predicted octanol–water partition coefficient (Wildman–Crippen LogP) is 3.33. The molecule has 1 amide bonds. The summed E-state index contributed by atoms with van der Waals surface area (Å²) in [4.78, 5) is 18.8. The molecule has 1 saturated heterocycles. The molecule has 7 heteroatoms. The summed E-state index contributed by atoms with van der Waals surface area (Å²) in [5.74, 6) is 0.517. The van der Waals surface area contributed by atoms with Gasteiger partial charge in [-0.1, -0.05) is 31.4 Å². The molecule has 1 spiro atoms. The van der Waals surface area contributed by atoms with E-state index >= 15 is 0 Å². The van der Waals surface area contributed by atoms with Crippen LogP contribution in [0, 0.1) is 11.2 Å². The number of likely N-dealkylation sites (tertiary alicyclic amines) is 1. The molecular formula is C21H32FIN4O. The second kappa shape index (κ2) is 11.0. The van der Waals surface area contributed by atoms with Crippen LogP contribution in [0.4, 0.5) is 4.39 Å². The Morgan fingerprint density at radius 2 is 1.93 bits per heavy atom. The number of guanidine groups is 1. The van der Waals surface area contributed by atoms with Crippen molar-refractivity contribution < 1.29 is 9.18 Å². The summed E-state index contributed by atoms with van der Waals surface area (Å²) in [5.41, 5.74) is 1.18. The van der Waals surface area contributed by atoms with Crippen LogP contribution in [0.15, 0.2) is 29.3 Å². The van der Waals surface area contributed by atoms with Gasteiger partial charge in [-0.3, -0.25) is 9.79 Å². The maximum absolute atomic E-state index is 13.2. The standard InChI is InChI=1S/C21H31FN4O.HI/c1-23-20(26-13-10-21(16-26)8-3-2-4-9-21)25-12-11-24-19(27)15-17-6-5-7-18(22)14-17;/h5-7,14H,2-4,8-13,15-16H2,1H3,(H,23,25)(H,24,27);1H. The average molecular weight is 502 g/mol. The van der Waals surface area contributed by atoms with E-state index in [2.05, 4.69) is 20.5 Å². The van der Waals surface area contributed by atoms with Crippen LogP contribution in [0.25, 0.3) is 0 Å². The smallest absolute Gasteiger partial charge is 0.224 e.